The number of anilines is 1. The summed E-state index contributed by atoms with van der Waals surface area (Å²) in [5.41, 5.74) is 1.78. The zero-order valence-electron chi connectivity index (χ0n) is 17.2. The van der Waals surface area contributed by atoms with E-state index in [1.165, 1.54) is 29.0 Å². The van der Waals surface area contributed by atoms with Gasteiger partial charge >= 0.3 is 0 Å². The maximum Gasteiger partial charge on any atom is 0.256 e. The van der Waals surface area contributed by atoms with Gasteiger partial charge in [-0.3, -0.25) is 4.79 Å². The first-order valence-corrected chi connectivity index (χ1v) is 10.4. The molecule has 0 aliphatic carbocycles. The second-order valence-electron chi connectivity index (χ2n) is 7.80. The fourth-order valence-electron chi connectivity index (χ4n) is 4.26. The summed E-state index contributed by atoms with van der Waals surface area (Å²) in [5.74, 6) is -1.33. The molecular weight excluding hydrogens is 412 g/mol. The predicted octanol–water partition coefficient (Wildman–Crippen LogP) is 4.58. The van der Waals surface area contributed by atoms with E-state index in [-0.39, 0.29) is 17.3 Å². The Morgan fingerprint density at radius 3 is 2.16 bits per heavy atom. The number of phenols is 1. The van der Waals surface area contributed by atoms with Crippen LogP contribution >= 0.6 is 0 Å². The standard InChI is InChI=1S/C25H21F2N3O2/c26-21-5-3-6-22(27)24(21)30-16-20(19-4-1-2-7-23(19)30)25(32)29-14-12-28(13-15-29)17-8-10-18(31)11-9-17/h1-11,16,31H,12-15H2. The number of rotatable bonds is 3. The van der Waals surface area contributed by atoms with E-state index < -0.39 is 11.6 Å². The molecule has 162 valence electrons. The number of benzene rings is 3. The topological polar surface area (TPSA) is 48.7 Å². The van der Waals surface area contributed by atoms with Crippen molar-refractivity contribution in [3.8, 4) is 11.4 Å². The van der Waals surface area contributed by atoms with Gasteiger partial charge in [0.25, 0.3) is 5.91 Å². The molecule has 1 aliphatic heterocycles. The summed E-state index contributed by atoms with van der Waals surface area (Å²) in [6.45, 7) is 2.34. The molecular formula is C25H21F2N3O2. The van der Waals surface area contributed by atoms with Crippen molar-refractivity contribution < 1.29 is 18.7 Å². The van der Waals surface area contributed by atoms with Crippen molar-refractivity contribution in [1.29, 1.82) is 0 Å². The Kier molecular flexibility index (Phi) is 5.01. The quantitative estimate of drug-likeness (QED) is 0.515. The molecule has 1 saturated heterocycles. The van der Waals surface area contributed by atoms with Crippen molar-refractivity contribution in [1.82, 2.24) is 9.47 Å². The SMILES string of the molecule is O=C(c1cn(-c2c(F)cccc2F)c2ccccc12)N1CCN(c2ccc(O)cc2)CC1. The van der Waals surface area contributed by atoms with Gasteiger partial charge in [0.15, 0.2) is 0 Å². The Hall–Kier alpha value is -3.87. The highest BCUT2D eigenvalue weighted by Gasteiger charge is 2.26. The van der Waals surface area contributed by atoms with Gasteiger partial charge in [-0.15, -0.1) is 0 Å². The Balaban J connectivity index is 1.44. The van der Waals surface area contributed by atoms with E-state index in [4.69, 9.17) is 0 Å². The summed E-state index contributed by atoms with van der Waals surface area (Å²) < 4.78 is 30.4. The highest BCUT2D eigenvalue weighted by atomic mass is 19.1. The monoisotopic (exact) mass is 433 g/mol. The largest absolute Gasteiger partial charge is 0.508 e. The Morgan fingerprint density at radius 1 is 0.812 bits per heavy atom. The predicted molar refractivity (Wildman–Crippen MR) is 119 cm³/mol. The van der Waals surface area contributed by atoms with Gasteiger partial charge in [-0.25, -0.2) is 8.78 Å². The van der Waals surface area contributed by atoms with Gasteiger partial charge in [-0.05, 0) is 42.5 Å². The smallest absolute Gasteiger partial charge is 0.256 e. The number of carbonyl (C=O) groups is 1. The van der Waals surface area contributed by atoms with E-state index >= 15 is 0 Å². The van der Waals surface area contributed by atoms with Crippen molar-refractivity contribution >= 4 is 22.5 Å². The van der Waals surface area contributed by atoms with E-state index in [9.17, 15) is 18.7 Å². The van der Waals surface area contributed by atoms with Crippen LogP contribution in [0, 0.1) is 11.6 Å². The summed E-state index contributed by atoms with van der Waals surface area (Å²) in [6, 6.07) is 17.9. The van der Waals surface area contributed by atoms with E-state index in [0.29, 0.717) is 42.6 Å². The summed E-state index contributed by atoms with van der Waals surface area (Å²) in [6.07, 6.45) is 1.53. The number of carbonyl (C=O) groups excluding carboxylic acids is 1. The lowest BCUT2D eigenvalue weighted by molar-refractivity contribution is 0.0748. The number of amides is 1. The molecule has 5 nitrogen and oxygen atoms in total. The molecule has 3 aromatic carbocycles. The van der Waals surface area contributed by atoms with Crippen molar-refractivity contribution in [3.05, 3.63) is 90.1 Å². The van der Waals surface area contributed by atoms with Crippen LogP contribution in [0.25, 0.3) is 16.6 Å². The number of phenolic OH excluding ortho intramolecular Hbond substituents is 1. The highest BCUT2D eigenvalue weighted by molar-refractivity contribution is 6.07. The third-order valence-corrected chi connectivity index (χ3v) is 5.90. The number of halogens is 2. The lowest BCUT2D eigenvalue weighted by Gasteiger charge is -2.36. The zero-order chi connectivity index (χ0) is 22.2. The van der Waals surface area contributed by atoms with Gasteiger partial charge in [0, 0.05) is 43.4 Å². The molecule has 1 N–H and O–H groups in total. The van der Waals surface area contributed by atoms with E-state index in [1.54, 1.807) is 35.2 Å². The van der Waals surface area contributed by atoms with Crippen LogP contribution in [0.5, 0.6) is 5.75 Å². The maximum atomic E-state index is 14.5. The van der Waals surface area contributed by atoms with Crippen LogP contribution in [0.2, 0.25) is 0 Å². The van der Waals surface area contributed by atoms with Crippen molar-refractivity contribution in [3.63, 3.8) is 0 Å². The first-order chi connectivity index (χ1) is 15.5. The molecule has 0 saturated carbocycles. The van der Waals surface area contributed by atoms with Gasteiger partial charge < -0.3 is 19.5 Å². The fourth-order valence-corrected chi connectivity index (χ4v) is 4.26. The van der Waals surface area contributed by atoms with Gasteiger partial charge in [0.2, 0.25) is 0 Å². The number of hydrogen-bond donors (Lipinski definition) is 1. The van der Waals surface area contributed by atoms with E-state index in [2.05, 4.69) is 4.90 Å². The average molecular weight is 433 g/mol. The molecule has 0 spiro atoms. The highest BCUT2D eigenvalue weighted by Crippen LogP contribution is 2.29. The van der Waals surface area contributed by atoms with Gasteiger partial charge in [0.05, 0.1) is 11.1 Å². The second-order valence-corrected chi connectivity index (χ2v) is 7.80. The number of aromatic nitrogens is 1. The molecule has 0 radical (unpaired) electrons. The van der Waals surface area contributed by atoms with Gasteiger partial charge in [-0.1, -0.05) is 24.3 Å². The van der Waals surface area contributed by atoms with Crippen LogP contribution in [-0.2, 0) is 0 Å². The van der Waals surface area contributed by atoms with Crippen LogP contribution < -0.4 is 4.90 Å². The summed E-state index contributed by atoms with van der Waals surface area (Å²) in [4.78, 5) is 17.3. The molecule has 32 heavy (non-hydrogen) atoms. The molecule has 7 heteroatoms. The fraction of sp³-hybridized carbons (Fsp3) is 0.160. The van der Waals surface area contributed by atoms with E-state index in [1.807, 2.05) is 18.2 Å². The van der Waals surface area contributed by atoms with Crippen molar-refractivity contribution in [2.24, 2.45) is 0 Å². The normalized spacial score (nSPS) is 14.2. The lowest BCUT2D eigenvalue weighted by atomic mass is 10.1. The Bertz CT molecular complexity index is 1270. The molecule has 1 amide bonds. The number of fused-ring (bicyclic) bond motifs is 1. The molecule has 1 fully saturated rings. The third kappa shape index (κ3) is 3.45. The number of hydrogen-bond acceptors (Lipinski definition) is 3. The molecule has 0 atom stereocenters. The number of nitrogens with zero attached hydrogens (tertiary/aromatic N) is 3. The van der Waals surface area contributed by atoms with E-state index in [0.717, 1.165) is 5.69 Å². The molecule has 0 unspecified atom stereocenters. The Morgan fingerprint density at radius 2 is 1.47 bits per heavy atom. The molecule has 4 aromatic rings. The van der Waals surface area contributed by atoms with Crippen molar-refractivity contribution in [2.75, 3.05) is 31.1 Å². The molecule has 2 heterocycles. The first-order valence-electron chi connectivity index (χ1n) is 10.4. The minimum atomic E-state index is -0.688. The third-order valence-electron chi connectivity index (χ3n) is 5.90. The second kappa shape index (κ2) is 8.00. The maximum absolute atomic E-state index is 14.5. The van der Waals surface area contributed by atoms with Crippen LogP contribution in [0.3, 0.4) is 0 Å². The van der Waals surface area contributed by atoms with Crippen LogP contribution in [0.15, 0.2) is 72.9 Å². The summed E-state index contributed by atoms with van der Waals surface area (Å²) in [7, 11) is 0. The summed E-state index contributed by atoms with van der Waals surface area (Å²) >= 11 is 0. The number of piperazine rings is 1. The minimum absolute atomic E-state index is 0.165. The molecule has 5 rings (SSSR count). The molecule has 1 aromatic heterocycles. The van der Waals surface area contributed by atoms with Crippen LogP contribution in [-0.4, -0.2) is 46.7 Å². The van der Waals surface area contributed by atoms with Gasteiger partial charge in [0.1, 0.15) is 23.1 Å². The molecule has 0 bridgehead atoms. The average Bonchev–Trinajstić information content (AvgIpc) is 3.19. The Labute approximate surface area is 183 Å². The zero-order valence-corrected chi connectivity index (χ0v) is 17.2. The summed E-state index contributed by atoms with van der Waals surface area (Å²) in [5, 5.41) is 10.1. The van der Waals surface area contributed by atoms with Crippen LogP contribution in [0.1, 0.15) is 10.4 Å². The van der Waals surface area contributed by atoms with Crippen molar-refractivity contribution in [2.45, 2.75) is 0 Å². The molecule has 1 aliphatic rings. The number of aromatic hydroxyl groups is 1. The lowest BCUT2D eigenvalue weighted by Crippen LogP contribution is -2.48. The van der Waals surface area contributed by atoms with Crippen LogP contribution in [0.4, 0.5) is 14.5 Å². The minimum Gasteiger partial charge on any atom is -0.508 e. The number of para-hydroxylation sites is 2. The first kappa shape index (κ1) is 20.1. The van der Waals surface area contributed by atoms with Gasteiger partial charge in [-0.2, -0.15) is 0 Å².